The van der Waals surface area contributed by atoms with E-state index in [0.717, 1.165) is 0 Å². The number of carbonyl (C=O) groups excluding carboxylic acids is 1. The van der Waals surface area contributed by atoms with Crippen LogP contribution in [0.3, 0.4) is 0 Å². The zero-order chi connectivity index (χ0) is 26.3. The van der Waals surface area contributed by atoms with Gasteiger partial charge in [0.2, 0.25) is 0 Å². The van der Waals surface area contributed by atoms with Gasteiger partial charge in [0.25, 0.3) is 11.8 Å². The highest BCUT2D eigenvalue weighted by Crippen LogP contribution is 2.40. The number of rotatable bonds is 8. The van der Waals surface area contributed by atoms with Gasteiger partial charge in [0.1, 0.15) is 17.3 Å². The van der Waals surface area contributed by atoms with Crippen molar-refractivity contribution in [2.45, 2.75) is 50.5 Å². The molecule has 0 bridgehead atoms. The lowest BCUT2D eigenvalue weighted by molar-refractivity contribution is -0.0794. The van der Waals surface area contributed by atoms with E-state index >= 15 is 0 Å². The first-order valence-corrected chi connectivity index (χ1v) is 12.2. The SMILES string of the molecule is COC[C@H]1Cn2cc(-c3cc(NC4CC(F)(F)C4)ncc3Cl)cc2C(=O)N1Cc1cc(F)ccc1CO. The van der Waals surface area contributed by atoms with Crippen molar-refractivity contribution in [2.75, 3.05) is 19.0 Å². The molecule has 1 aliphatic heterocycles. The fourth-order valence-electron chi connectivity index (χ4n) is 4.95. The summed E-state index contributed by atoms with van der Waals surface area (Å²) in [5.41, 5.74) is 2.77. The predicted molar refractivity (Wildman–Crippen MR) is 132 cm³/mol. The Kier molecular flexibility index (Phi) is 6.91. The van der Waals surface area contributed by atoms with Gasteiger partial charge in [0.15, 0.2) is 0 Å². The van der Waals surface area contributed by atoms with Crippen molar-refractivity contribution in [1.82, 2.24) is 14.5 Å². The van der Waals surface area contributed by atoms with Gasteiger partial charge >= 0.3 is 0 Å². The number of halogens is 4. The first-order chi connectivity index (χ1) is 17.7. The number of nitrogens with one attached hydrogen (secondary N) is 1. The number of benzene rings is 1. The number of carbonyl (C=O) groups is 1. The predicted octanol–water partition coefficient (Wildman–Crippen LogP) is 4.72. The molecular formula is C26H26ClF3N4O3. The van der Waals surface area contributed by atoms with E-state index in [9.17, 15) is 23.1 Å². The largest absolute Gasteiger partial charge is 0.392 e. The maximum atomic E-state index is 14.0. The molecule has 11 heteroatoms. The van der Waals surface area contributed by atoms with E-state index in [-0.39, 0.29) is 50.6 Å². The van der Waals surface area contributed by atoms with Gasteiger partial charge in [-0.2, -0.15) is 0 Å². The Morgan fingerprint density at radius 1 is 1.24 bits per heavy atom. The number of hydrogen-bond donors (Lipinski definition) is 2. The maximum Gasteiger partial charge on any atom is 0.271 e. The number of aromatic nitrogens is 2. The van der Waals surface area contributed by atoms with Crippen molar-refractivity contribution in [3.63, 3.8) is 0 Å². The molecule has 5 rings (SSSR count). The molecule has 1 aliphatic carbocycles. The van der Waals surface area contributed by atoms with E-state index in [1.54, 1.807) is 24.1 Å². The van der Waals surface area contributed by atoms with Crippen LogP contribution < -0.4 is 5.32 Å². The first-order valence-electron chi connectivity index (χ1n) is 11.9. The molecular weight excluding hydrogens is 509 g/mol. The highest BCUT2D eigenvalue weighted by atomic mass is 35.5. The molecule has 1 fully saturated rings. The summed E-state index contributed by atoms with van der Waals surface area (Å²) >= 11 is 6.43. The molecule has 1 amide bonds. The number of methoxy groups -OCH3 is 1. The number of amides is 1. The highest BCUT2D eigenvalue weighted by Gasteiger charge is 2.45. The number of ether oxygens (including phenoxy) is 1. The van der Waals surface area contributed by atoms with Crippen LogP contribution in [0.4, 0.5) is 19.0 Å². The van der Waals surface area contributed by atoms with Crippen LogP contribution in [0.15, 0.2) is 42.7 Å². The van der Waals surface area contributed by atoms with Gasteiger partial charge in [-0.05, 0) is 35.4 Å². The van der Waals surface area contributed by atoms with Gasteiger partial charge in [-0.3, -0.25) is 4.79 Å². The monoisotopic (exact) mass is 534 g/mol. The van der Waals surface area contributed by atoms with E-state index in [1.165, 1.54) is 24.4 Å². The fraction of sp³-hybridized carbons (Fsp3) is 0.385. The van der Waals surface area contributed by atoms with E-state index < -0.39 is 11.7 Å². The molecule has 1 aromatic carbocycles. The molecule has 2 aromatic heterocycles. The first kappa shape index (κ1) is 25.6. The molecule has 37 heavy (non-hydrogen) atoms. The van der Waals surface area contributed by atoms with E-state index in [4.69, 9.17) is 16.3 Å². The summed E-state index contributed by atoms with van der Waals surface area (Å²) in [6.07, 6.45) is 2.77. The molecule has 0 radical (unpaired) electrons. The molecule has 7 nitrogen and oxygen atoms in total. The highest BCUT2D eigenvalue weighted by molar-refractivity contribution is 6.33. The minimum absolute atomic E-state index is 0.108. The summed E-state index contributed by atoms with van der Waals surface area (Å²) in [5.74, 6) is -2.94. The Balaban J connectivity index is 1.43. The van der Waals surface area contributed by atoms with Crippen LogP contribution in [-0.2, 0) is 24.4 Å². The lowest BCUT2D eigenvalue weighted by atomic mass is 9.88. The summed E-state index contributed by atoms with van der Waals surface area (Å²) < 4.78 is 47.6. The Hall–Kier alpha value is -3.08. The Morgan fingerprint density at radius 2 is 2.03 bits per heavy atom. The van der Waals surface area contributed by atoms with Gasteiger partial charge < -0.3 is 24.6 Å². The zero-order valence-electron chi connectivity index (χ0n) is 20.1. The number of anilines is 1. The van der Waals surface area contributed by atoms with Crippen molar-refractivity contribution in [3.05, 3.63) is 70.4 Å². The number of hydrogen-bond acceptors (Lipinski definition) is 5. The number of aliphatic hydroxyl groups excluding tert-OH is 1. The Bertz CT molecular complexity index is 1320. The third-order valence-corrected chi connectivity index (χ3v) is 7.17. The maximum absolute atomic E-state index is 14.0. The molecule has 1 saturated carbocycles. The summed E-state index contributed by atoms with van der Waals surface area (Å²) in [5, 5.41) is 13.1. The van der Waals surface area contributed by atoms with Crippen molar-refractivity contribution < 1.29 is 27.8 Å². The number of aliphatic hydroxyl groups is 1. The topological polar surface area (TPSA) is 79.6 Å². The number of pyridine rings is 1. The second-order valence-corrected chi connectivity index (χ2v) is 9.94. The lowest BCUT2D eigenvalue weighted by Crippen LogP contribution is -2.49. The minimum atomic E-state index is -2.65. The van der Waals surface area contributed by atoms with Gasteiger partial charge in [-0.15, -0.1) is 0 Å². The van der Waals surface area contributed by atoms with Gasteiger partial charge in [-0.25, -0.2) is 18.2 Å². The smallest absolute Gasteiger partial charge is 0.271 e. The van der Waals surface area contributed by atoms with Crippen molar-refractivity contribution in [1.29, 1.82) is 0 Å². The van der Waals surface area contributed by atoms with Gasteiger partial charge in [0.05, 0.1) is 24.3 Å². The molecule has 3 aromatic rings. The Morgan fingerprint density at radius 3 is 2.73 bits per heavy atom. The molecule has 0 saturated heterocycles. The number of nitrogens with zero attached hydrogens (tertiary/aromatic N) is 3. The molecule has 196 valence electrons. The molecule has 2 N–H and O–H groups in total. The molecule has 2 aliphatic rings. The van der Waals surface area contributed by atoms with Crippen LogP contribution in [-0.4, -0.2) is 57.2 Å². The summed E-state index contributed by atoms with van der Waals surface area (Å²) in [7, 11) is 1.55. The van der Waals surface area contributed by atoms with Gasteiger partial charge in [-0.1, -0.05) is 17.7 Å². The third-order valence-electron chi connectivity index (χ3n) is 6.87. The van der Waals surface area contributed by atoms with Crippen LogP contribution >= 0.6 is 11.6 Å². The van der Waals surface area contributed by atoms with Gasteiger partial charge in [0, 0.05) is 62.6 Å². The Labute approximate surface area is 216 Å². The fourth-order valence-corrected chi connectivity index (χ4v) is 5.17. The van der Waals surface area contributed by atoms with E-state index in [0.29, 0.717) is 45.3 Å². The quantitative estimate of drug-likeness (QED) is 0.437. The van der Waals surface area contributed by atoms with Crippen LogP contribution in [0.5, 0.6) is 0 Å². The third kappa shape index (κ3) is 5.18. The average Bonchev–Trinajstić information content (AvgIpc) is 3.26. The van der Waals surface area contributed by atoms with Crippen molar-refractivity contribution in [3.8, 4) is 11.1 Å². The van der Waals surface area contributed by atoms with Crippen molar-refractivity contribution >= 4 is 23.3 Å². The normalized spacial score (nSPS) is 19.0. The zero-order valence-corrected chi connectivity index (χ0v) is 20.8. The number of alkyl halides is 2. The molecule has 1 atom stereocenters. The molecule has 0 spiro atoms. The van der Waals surface area contributed by atoms with Crippen LogP contribution in [0.1, 0.15) is 34.5 Å². The van der Waals surface area contributed by atoms with Crippen LogP contribution in [0.25, 0.3) is 11.1 Å². The molecule has 3 heterocycles. The van der Waals surface area contributed by atoms with Crippen molar-refractivity contribution in [2.24, 2.45) is 0 Å². The minimum Gasteiger partial charge on any atom is -0.392 e. The average molecular weight is 535 g/mol. The van der Waals surface area contributed by atoms with E-state index in [1.807, 2.05) is 10.8 Å². The summed E-state index contributed by atoms with van der Waals surface area (Å²) in [4.78, 5) is 19.4. The second-order valence-electron chi connectivity index (χ2n) is 9.53. The summed E-state index contributed by atoms with van der Waals surface area (Å²) in [6.45, 7) is 0.530. The van der Waals surface area contributed by atoms with E-state index in [2.05, 4.69) is 10.3 Å². The number of fused-ring (bicyclic) bond motifs is 1. The van der Waals surface area contributed by atoms with Crippen LogP contribution in [0, 0.1) is 5.82 Å². The lowest BCUT2D eigenvalue weighted by Gasteiger charge is -2.36. The standard InChI is InChI=1S/C26H26ClF3N4O3/c1-37-14-20-12-33-10-17(21-6-24(31-9-22(21)27)32-19-7-26(29,30)8-19)5-23(33)25(36)34(20)11-16-4-18(28)3-2-15(16)13-35/h2-6,9-10,19-20,35H,7-8,11-14H2,1H3,(H,31,32)/t20-/m1/s1. The molecule has 0 unspecified atom stereocenters. The summed E-state index contributed by atoms with van der Waals surface area (Å²) in [6, 6.07) is 6.82. The second kappa shape index (κ2) is 10.00. The van der Waals surface area contributed by atoms with Crippen LogP contribution in [0.2, 0.25) is 5.02 Å².